The number of carbonyl (C=O) groups is 1. The number of carbonyl (C=O) groups excluding carboxylic acids is 1. The predicted molar refractivity (Wildman–Crippen MR) is 71.6 cm³/mol. The van der Waals surface area contributed by atoms with E-state index in [0.29, 0.717) is 13.0 Å². The van der Waals surface area contributed by atoms with Crippen LogP contribution in [0.5, 0.6) is 0 Å². The van der Waals surface area contributed by atoms with Crippen molar-refractivity contribution in [2.45, 2.75) is 32.2 Å². The van der Waals surface area contributed by atoms with Gasteiger partial charge in [0.1, 0.15) is 0 Å². The van der Waals surface area contributed by atoms with Gasteiger partial charge in [-0.25, -0.2) is 8.42 Å². The minimum Gasteiger partial charge on any atom is -0.465 e. The summed E-state index contributed by atoms with van der Waals surface area (Å²) in [5, 5.41) is 0. The van der Waals surface area contributed by atoms with Crippen LogP contribution in [0.4, 0.5) is 0 Å². The number of nitrogens with two attached hydrogens (primary N) is 1. The molecule has 1 saturated heterocycles. The fourth-order valence-electron chi connectivity index (χ4n) is 1.96. The molecular weight excluding hydrogens is 276 g/mol. The lowest BCUT2D eigenvalue weighted by molar-refractivity contribution is -0.140. The number of hydrogen-bond acceptors (Lipinski definition) is 5. The second-order valence-corrected chi connectivity index (χ2v) is 6.48. The second-order valence-electron chi connectivity index (χ2n) is 4.09. The van der Waals surface area contributed by atoms with Gasteiger partial charge in [-0.1, -0.05) is 18.6 Å². The van der Waals surface area contributed by atoms with Crippen LogP contribution >= 0.6 is 12.2 Å². The first-order valence-electron chi connectivity index (χ1n) is 5.83. The number of thiocarbonyl (C=S) groups is 1. The Morgan fingerprint density at radius 3 is 2.72 bits per heavy atom. The zero-order chi connectivity index (χ0) is 13.8. The summed E-state index contributed by atoms with van der Waals surface area (Å²) in [7, 11) is -3.71. The van der Waals surface area contributed by atoms with Gasteiger partial charge in [0.25, 0.3) is 0 Å². The molecule has 0 aromatic rings. The molecule has 1 heterocycles. The van der Waals surface area contributed by atoms with Crippen LogP contribution in [0.25, 0.3) is 0 Å². The topological polar surface area (TPSA) is 89.7 Å². The Hall–Kier alpha value is -0.730. The minimum atomic E-state index is -3.71. The lowest BCUT2D eigenvalue weighted by Gasteiger charge is -2.33. The van der Waals surface area contributed by atoms with Crippen molar-refractivity contribution < 1.29 is 17.9 Å². The average molecular weight is 294 g/mol. The molecule has 0 aromatic heterocycles. The SMILES string of the molecule is CCOC(=O)CS(=O)(=O)N1CCCCC1C(N)=S. The Kier molecular flexibility index (Phi) is 5.48. The van der Waals surface area contributed by atoms with Crippen LogP contribution in [0.15, 0.2) is 0 Å². The summed E-state index contributed by atoms with van der Waals surface area (Å²) in [6.45, 7) is 2.14. The summed E-state index contributed by atoms with van der Waals surface area (Å²) < 4.78 is 30.1. The molecule has 0 aliphatic carbocycles. The summed E-state index contributed by atoms with van der Waals surface area (Å²) in [6, 6.07) is -0.479. The van der Waals surface area contributed by atoms with Gasteiger partial charge in [-0.2, -0.15) is 4.31 Å². The number of nitrogens with zero attached hydrogens (tertiary/aromatic N) is 1. The molecule has 1 unspecified atom stereocenters. The summed E-state index contributed by atoms with van der Waals surface area (Å²) in [5.41, 5.74) is 5.55. The van der Waals surface area contributed by atoms with Gasteiger partial charge < -0.3 is 10.5 Å². The van der Waals surface area contributed by atoms with Gasteiger partial charge in [-0.15, -0.1) is 0 Å². The molecule has 0 bridgehead atoms. The second kappa shape index (κ2) is 6.44. The van der Waals surface area contributed by atoms with Crippen molar-refractivity contribution in [3.05, 3.63) is 0 Å². The van der Waals surface area contributed by atoms with Crippen molar-refractivity contribution >= 4 is 33.2 Å². The van der Waals surface area contributed by atoms with Gasteiger partial charge in [-0.05, 0) is 19.8 Å². The van der Waals surface area contributed by atoms with E-state index >= 15 is 0 Å². The van der Waals surface area contributed by atoms with Gasteiger partial charge in [0.15, 0.2) is 5.75 Å². The van der Waals surface area contributed by atoms with Gasteiger partial charge >= 0.3 is 5.97 Å². The first-order chi connectivity index (χ1) is 8.38. The molecule has 1 aliphatic heterocycles. The number of ether oxygens (including phenoxy) is 1. The maximum absolute atomic E-state index is 12.1. The van der Waals surface area contributed by atoms with Crippen molar-refractivity contribution in [2.75, 3.05) is 18.9 Å². The number of esters is 1. The fourth-order valence-corrected chi connectivity index (χ4v) is 3.83. The molecule has 0 saturated carbocycles. The zero-order valence-corrected chi connectivity index (χ0v) is 11.9. The van der Waals surface area contributed by atoms with E-state index in [1.165, 1.54) is 4.31 Å². The van der Waals surface area contributed by atoms with E-state index < -0.39 is 27.8 Å². The molecule has 1 rings (SSSR count). The number of hydrogen-bond donors (Lipinski definition) is 1. The highest BCUT2D eigenvalue weighted by atomic mass is 32.2. The van der Waals surface area contributed by atoms with E-state index in [0.717, 1.165) is 12.8 Å². The predicted octanol–water partition coefficient (Wildman–Crippen LogP) is 0.0199. The maximum Gasteiger partial charge on any atom is 0.322 e. The monoisotopic (exact) mass is 294 g/mol. The van der Waals surface area contributed by atoms with Gasteiger partial charge in [-0.3, -0.25) is 4.79 Å². The molecular formula is C10H18N2O4S2. The molecule has 8 heteroatoms. The van der Waals surface area contributed by atoms with Crippen molar-refractivity contribution in [3.63, 3.8) is 0 Å². The molecule has 1 aliphatic rings. The Bertz CT molecular complexity index is 422. The third kappa shape index (κ3) is 3.89. The van der Waals surface area contributed by atoms with Crippen LogP contribution in [0.1, 0.15) is 26.2 Å². The van der Waals surface area contributed by atoms with E-state index in [-0.39, 0.29) is 11.6 Å². The summed E-state index contributed by atoms with van der Waals surface area (Å²) in [5.74, 6) is -1.40. The van der Waals surface area contributed by atoms with E-state index in [4.69, 9.17) is 18.0 Å². The Morgan fingerprint density at radius 1 is 1.50 bits per heavy atom. The molecule has 6 nitrogen and oxygen atoms in total. The van der Waals surface area contributed by atoms with E-state index in [2.05, 4.69) is 4.74 Å². The zero-order valence-electron chi connectivity index (χ0n) is 10.3. The molecule has 18 heavy (non-hydrogen) atoms. The van der Waals surface area contributed by atoms with Gasteiger partial charge in [0.05, 0.1) is 17.6 Å². The highest BCUT2D eigenvalue weighted by Gasteiger charge is 2.35. The summed E-state index contributed by atoms with van der Waals surface area (Å²) in [4.78, 5) is 11.4. The van der Waals surface area contributed by atoms with Crippen LogP contribution in [0.2, 0.25) is 0 Å². The average Bonchev–Trinajstić information content (AvgIpc) is 2.28. The summed E-state index contributed by atoms with van der Waals surface area (Å²) >= 11 is 4.88. The van der Waals surface area contributed by atoms with E-state index in [1.807, 2.05) is 0 Å². The first kappa shape index (κ1) is 15.3. The van der Waals surface area contributed by atoms with Crippen LogP contribution < -0.4 is 5.73 Å². The summed E-state index contributed by atoms with van der Waals surface area (Å²) in [6.07, 6.45) is 2.24. The normalized spacial score (nSPS) is 21.5. The van der Waals surface area contributed by atoms with Crippen LogP contribution in [0, 0.1) is 0 Å². The van der Waals surface area contributed by atoms with Crippen molar-refractivity contribution in [3.8, 4) is 0 Å². The molecule has 1 atom stereocenters. The van der Waals surface area contributed by atoms with Crippen LogP contribution in [0.3, 0.4) is 0 Å². The molecule has 1 fully saturated rings. The smallest absolute Gasteiger partial charge is 0.322 e. The van der Waals surface area contributed by atoms with Crippen molar-refractivity contribution in [1.29, 1.82) is 0 Å². The molecule has 0 spiro atoms. The molecule has 0 amide bonds. The highest BCUT2D eigenvalue weighted by molar-refractivity contribution is 7.90. The lowest BCUT2D eigenvalue weighted by Crippen LogP contribution is -2.51. The Balaban J connectivity index is 2.81. The third-order valence-electron chi connectivity index (χ3n) is 2.74. The standard InChI is InChI=1S/C10H18N2O4S2/c1-2-16-9(13)7-18(14,15)12-6-4-3-5-8(12)10(11)17/h8H,2-7H2,1H3,(H2,11,17). The highest BCUT2D eigenvalue weighted by Crippen LogP contribution is 2.21. The van der Waals surface area contributed by atoms with Gasteiger partial charge in [0, 0.05) is 6.54 Å². The quantitative estimate of drug-likeness (QED) is 0.568. The fraction of sp³-hybridized carbons (Fsp3) is 0.800. The maximum atomic E-state index is 12.1. The van der Waals surface area contributed by atoms with Crippen molar-refractivity contribution in [2.24, 2.45) is 5.73 Å². The Labute approximate surface area is 113 Å². The first-order valence-corrected chi connectivity index (χ1v) is 7.84. The molecule has 0 aromatic carbocycles. The number of piperidine rings is 1. The van der Waals surface area contributed by atoms with E-state index in [1.54, 1.807) is 6.92 Å². The van der Waals surface area contributed by atoms with Crippen LogP contribution in [-0.2, 0) is 19.6 Å². The third-order valence-corrected chi connectivity index (χ3v) is 4.77. The van der Waals surface area contributed by atoms with Crippen molar-refractivity contribution in [1.82, 2.24) is 4.31 Å². The lowest BCUT2D eigenvalue weighted by atomic mass is 10.1. The number of rotatable bonds is 5. The molecule has 0 radical (unpaired) electrons. The van der Waals surface area contributed by atoms with Gasteiger partial charge in [0.2, 0.25) is 10.0 Å². The Morgan fingerprint density at radius 2 is 2.17 bits per heavy atom. The minimum absolute atomic E-state index is 0.155. The molecule has 104 valence electrons. The van der Waals surface area contributed by atoms with Crippen LogP contribution in [-0.4, -0.2) is 48.6 Å². The molecule has 2 N–H and O–H groups in total. The number of sulfonamides is 1. The largest absolute Gasteiger partial charge is 0.465 e. The van der Waals surface area contributed by atoms with E-state index in [9.17, 15) is 13.2 Å².